The summed E-state index contributed by atoms with van der Waals surface area (Å²) in [6.07, 6.45) is 0. The Morgan fingerprint density at radius 1 is 0.324 bits per heavy atom. The van der Waals surface area contributed by atoms with Gasteiger partial charge in [0.25, 0.3) is 0 Å². The summed E-state index contributed by atoms with van der Waals surface area (Å²) in [5.74, 6) is 0.696. The first-order valence-corrected chi connectivity index (χ1v) is 23.0. The van der Waals surface area contributed by atoms with E-state index in [1.165, 1.54) is 16.5 Å². The summed E-state index contributed by atoms with van der Waals surface area (Å²) in [5.41, 5.74) is 20.4. The number of fused-ring (bicyclic) bond motifs is 8. The Bertz CT molecular complexity index is 3780. The number of benzene rings is 9. The molecule has 9 aromatic carbocycles. The lowest BCUT2D eigenvalue weighted by molar-refractivity contribution is 1.13. The maximum Gasteiger partial charge on any atom is 0.160 e. The fourth-order valence-electron chi connectivity index (χ4n) is 9.93. The van der Waals surface area contributed by atoms with E-state index in [4.69, 9.17) is 15.0 Å². The van der Waals surface area contributed by atoms with Gasteiger partial charge in [0.2, 0.25) is 0 Å². The van der Waals surface area contributed by atoms with E-state index in [0.29, 0.717) is 5.82 Å². The Hall–Kier alpha value is -9.19. The molecule has 0 bridgehead atoms. The molecule has 0 amide bonds. The van der Waals surface area contributed by atoms with Crippen molar-refractivity contribution >= 4 is 38.9 Å². The lowest BCUT2D eigenvalue weighted by Crippen LogP contribution is -2.11. The van der Waals surface area contributed by atoms with E-state index in [1.54, 1.807) is 0 Å². The molecule has 0 saturated carbocycles. The Morgan fingerprint density at radius 2 is 0.897 bits per heavy atom. The molecular weight excluding hydrogens is 827 g/mol. The molecule has 68 heavy (non-hydrogen) atoms. The van der Waals surface area contributed by atoms with Crippen LogP contribution in [0.4, 0.5) is 17.1 Å². The van der Waals surface area contributed by atoms with Crippen molar-refractivity contribution < 1.29 is 0 Å². The molecule has 5 nitrogen and oxygen atoms in total. The van der Waals surface area contributed by atoms with E-state index < -0.39 is 0 Å². The Labute approximate surface area is 394 Å². The number of hydrogen-bond acceptors (Lipinski definition) is 4. The molecule has 0 aliphatic carbocycles. The molecule has 5 heteroatoms. The molecule has 1 aliphatic heterocycles. The van der Waals surface area contributed by atoms with E-state index in [9.17, 15) is 0 Å². The SMILES string of the molecule is c1ccc(-c2cc(-c3ccccc3)nc(-c3ccc(-c4ccc(N5c6ccccc6-c6c(n(-c7cccc(-c8ccc9ccccc9n8)c7)c7ccccc67)-c6ccccc65)cc4)cc3)n2)cc1. The number of rotatable bonds is 7. The van der Waals surface area contributed by atoms with Crippen LogP contribution in [0, 0.1) is 0 Å². The van der Waals surface area contributed by atoms with Gasteiger partial charge in [-0.05, 0) is 71.8 Å². The Kier molecular flexibility index (Phi) is 9.43. The second-order valence-corrected chi connectivity index (χ2v) is 17.2. The van der Waals surface area contributed by atoms with Crippen LogP contribution in [0.15, 0.2) is 249 Å². The molecule has 13 rings (SSSR count). The molecule has 12 aromatic rings. The van der Waals surface area contributed by atoms with Gasteiger partial charge in [0.1, 0.15) is 0 Å². The second kappa shape index (κ2) is 16.4. The zero-order chi connectivity index (χ0) is 45.0. The molecule has 4 heterocycles. The van der Waals surface area contributed by atoms with Gasteiger partial charge in [0.15, 0.2) is 5.82 Å². The summed E-state index contributed by atoms with van der Waals surface area (Å²) in [5, 5.41) is 2.33. The molecule has 0 radical (unpaired) electrons. The van der Waals surface area contributed by atoms with Crippen molar-refractivity contribution in [1.29, 1.82) is 0 Å². The quantitative estimate of drug-likeness (QED) is 0.160. The van der Waals surface area contributed by atoms with E-state index in [0.717, 1.165) is 101 Å². The van der Waals surface area contributed by atoms with Crippen LogP contribution in [0.2, 0.25) is 0 Å². The molecule has 1 aliphatic rings. The fourth-order valence-corrected chi connectivity index (χ4v) is 9.93. The van der Waals surface area contributed by atoms with Gasteiger partial charge in [0, 0.05) is 61.1 Å². The van der Waals surface area contributed by atoms with Crippen LogP contribution < -0.4 is 4.90 Å². The zero-order valence-corrected chi connectivity index (χ0v) is 36.9. The number of pyridine rings is 1. The molecule has 0 saturated heterocycles. The number of aromatic nitrogens is 4. The van der Waals surface area contributed by atoms with E-state index in [1.807, 2.05) is 42.5 Å². The molecule has 0 N–H and O–H groups in total. The average Bonchev–Trinajstić information content (AvgIpc) is 3.70. The second-order valence-electron chi connectivity index (χ2n) is 17.2. The first-order chi connectivity index (χ1) is 33.7. The van der Waals surface area contributed by atoms with Crippen molar-refractivity contribution in [3.8, 4) is 84.4 Å². The molecule has 0 unspecified atom stereocenters. The van der Waals surface area contributed by atoms with Crippen molar-refractivity contribution in [2.75, 3.05) is 4.90 Å². The minimum atomic E-state index is 0.696. The monoisotopic (exact) mass is 867 g/mol. The van der Waals surface area contributed by atoms with Crippen molar-refractivity contribution in [3.63, 3.8) is 0 Å². The van der Waals surface area contributed by atoms with Gasteiger partial charge in [-0.1, -0.05) is 188 Å². The summed E-state index contributed by atoms with van der Waals surface area (Å²) < 4.78 is 2.45. The first-order valence-electron chi connectivity index (χ1n) is 23.0. The third-order valence-electron chi connectivity index (χ3n) is 13.2. The van der Waals surface area contributed by atoms with Crippen LogP contribution >= 0.6 is 0 Å². The van der Waals surface area contributed by atoms with Crippen molar-refractivity contribution in [3.05, 3.63) is 249 Å². The summed E-state index contributed by atoms with van der Waals surface area (Å²) >= 11 is 0. The zero-order valence-electron chi connectivity index (χ0n) is 36.9. The summed E-state index contributed by atoms with van der Waals surface area (Å²) in [7, 11) is 0. The summed E-state index contributed by atoms with van der Waals surface area (Å²) in [6, 6.07) is 88.2. The largest absolute Gasteiger partial charge is 0.309 e. The van der Waals surface area contributed by atoms with Gasteiger partial charge >= 0.3 is 0 Å². The van der Waals surface area contributed by atoms with E-state index >= 15 is 0 Å². The predicted molar refractivity (Wildman–Crippen MR) is 280 cm³/mol. The topological polar surface area (TPSA) is 46.8 Å². The third kappa shape index (κ3) is 6.76. The van der Waals surface area contributed by atoms with E-state index in [-0.39, 0.29) is 0 Å². The highest BCUT2D eigenvalue weighted by Crippen LogP contribution is 2.54. The number of para-hydroxylation sites is 4. The predicted octanol–water partition coefficient (Wildman–Crippen LogP) is 16.4. The van der Waals surface area contributed by atoms with Crippen LogP contribution in [0.1, 0.15) is 0 Å². The highest BCUT2D eigenvalue weighted by molar-refractivity contribution is 6.13. The molecule has 0 atom stereocenters. The highest BCUT2D eigenvalue weighted by atomic mass is 15.2. The van der Waals surface area contributed by atoms with Gasteiger partial charge in [-0.25, -0.2) is 15.0 Å². The van der Waals surface area contributed by atoms with Gasteiger partial charge in [-0.3, -0.25) is 0 Å². The van der Waals surface area contributed by atoms with Gasteiger partial charge in [0.05, 0.1) is 45.2 Å². The minimum Gasteiger partial charge on any atom is -0.309 e. The maximum absolute atomic E-state index is 5.09. The van der Waals surface area contributed by atoms with Crippen LogP contribution in [0.3, 0.4) is 0 Å². The van der Waals surface area contributed by atoms with Crippen LogP contribution in [-0.4, -0.2) is 19.5 Å². The number of nitrogens with zero attached hydrogens (tertiary/aromatic N) is 5. The lowest BCUT2D eigenvalue weighted by Gasteiger charge is -2.27. The number of anilines is 3. The van der Waals surface area contributed by atoms with Gasteiger partial charge < -0.3 is 9.47 Å². The molecule has 3 aromatic heterocycles. The van der Waals surface area contributed by atoms with Crippen molar-refractivity contribution in [1.82, 2.24) is 19.5 Å². The van der Waals surface area contributed by atoms with Crippen LogP contribution in [0.5, 0.6) is 0 Å². The van der Waals surface area contributed by atoms with Crippen LogP contribution in [0.25, 0.3) is 106 Å². The van der Waals surface area contributed by atoms with Crippen molar-refractivity contribution in [2.45, 2.75) is 0 Å². The normalized spacial score (nSPS) is 11.8. The lowest BCUT2D eigenvalue weighted by atomic mass is 9.98. The molecule has 318 valence electrons. The maximum atomic E-state index is 5.09. The smallest absolute Gasteiger partial charge is 0.160 e. The summed E-state index contributed by atoms with van der Waals surface area (Å²) in [4.78, 5) is 17.6. The molecule has 0 fully saturated rings. The number of hydrogen-bond donors (Lipinski definition) is 0. The standard InChI is InChI=1S/C63H41N5/c1-3-16-44(17-4-1)56-41-57(45-18-5-2-6-19-45)66-63(65-56)47-32-30-42(31-33-47)43-34-37-49(38-35-43)67-58-27-12-8-23-51(58)61-52-24-9-13-28-59(52)68(62(61)53-25-10-14-29-60(53)67)50-22-15-21-48(40-50)55-39-36-46-20-7-11-26-54(46)64-55/h1-41H. The average molecular weight is 868 g/mol. The minimum absolute atomic E-state index is 0.696. The Morgan fingerprint density at radius 3 is 1.63 bits per heavy atom. The Balaban J connectivity index is 0.892. The van der Waals surface area contributed by atoms with Crippen LogP contribution in [-0.2, 0) is 0 Å². The molecular formula is C63H41N5. The van der Waals surface area contributed by atoms with Gasteiger partial charge in [-0.2, -0.15) is 0 Å². The van der Waals surface area contributed by atoms with Crippen molar-refractivity contribution in [2.24, 2.45) is 0 Å². The first kappa shape index (κ1) is 39.2. The fraction of sp³-hybridized carbons (Fsp3) is 0. The summed E-state index contributed by atoms with van der Waals surface area (Å²) in [6.45, 7) is 0. The van der Waals surface area contributed by atoms with Gasteiger partial charge in [-0.15, -0.1) is 0 Å². The van der Waals surface area contributed by atoms with E-state index in [2.05, 4.69) is 216 Å². The third-order valence-corrected chi connectivity index (χ3v) is 13.2. The highest BCUT2D eigenvalue weighted by Gasteiger charge is 2.31. The molecule has 0 spiro atoms.